The Kier molecular flexibility index (Phi) is 4.37. The highest BCUT2D eigenvalue weighted by Crippen LogP contribution is 2.21. The summed E-state index contributed by atoms with van der Waals surface area (Å²) in [6, 6.07) is 4.70. The van der Waals surface area contributed by atoms with Crippen molar-refractivity contribution in [2.45, 2.75) is 32.3 Å². The SMILES string of the molecule is CCCC(C)(O)CNc1ncnc2cc(C(=O)O)ccc12. The summed E-state index contributed by atoms with van der Waals surface area (Å²) in [5.41, 5.74) is -0.0693. The van der Waals surface area contributed by atoms with Gasteiger partial charge in [-0.15, -0.1) is 0 Å². The molecule has 0 spiro atoms. The predicted octanol–water partition coefficient (Wildman–Crippen LogP) is 2.29. The molecule has 6 heteroatoms. The summed E-state index contributed by atoms with van der Waals surface area (Å²) in [4.78, 5) is 19.2. The number of nitrogens with one attached hydrogen (secondary N) is 1. The first-order valence-corrected chi connectivity index (χ1v) is 6.87. The minimum absolute atomic E-state index is 0.185. The van der Waals surface area contributed by atoms with Gasteiger partial charge in [0.15, 0.2) is 0 Å². The Hall–Kier alpha value is -2.21. The average molecular weight is 289 g/mol. The molecule has 0 fully saturated rings. The maximum Gasteiger partial charge on any atom is 0.335 e. The maximum atomic E-state index is 11.0. The highest BCUT2D eigenvalue weighted by Gasteiger charge is 2.19. The second-order valence-electron chi connectivity index (χ2n) is 5.36. The van der Waals surface area contributed by atoms with Gasteiger partial charge in [0.25, 0.3) is 0 Å². The molecule has 112 valence electrons. The molecule has 0 aliphatic carbocycles. The Balaban J connectivity index is 2.26. The fourth-order valence-electron chi connectivity index (χ4n) is 2.23. The first-order chi connectivity index (χ1) is 9.93. The van der Waals surface area contributed by atoms with E-state index in [9.17, 15) is 9.90 Å². The third-order valence-corrected chi connectivity index (χ3v) is 3.31. The van der Waals surface area contributed by atoms with Crippen LogP contribution < -0.4 is 5.32 Å². The zero-order valence-electron chi connectivity index (χ0n) is 12.1. The van der Waals surface area contributed by atoms with Gasteiger partial charge >= 0.3 is 5.97 Å². The van der Waals surface area contributed by atoms with Crippen molar-refractivity contribution in [3.8, 4) is 0 Å². The Labute approximate surface area is 122 Å². The molecule has 21 heavy (non-hydrogen) atoms. The van der Waals surface area contributed by atoms with Gasteiger partial charge in [0.1, 0.15) is 12.1 Å². The Bertz CT molecular complexity index is 656. The molecule has 1 unspecified atom stereocenters. The number of hydrogen-bond acceptors (Lipinski definition) is 5. The van der Waals surface area contributed by atoms with Crippen LogP contribution in [0.4, 0.5) is 5.82 Å². The number of carboxylic acid groups (broad SMARTS) is 1. The van der Waals surface area contributed by atoms with Crippen LogP contribution in [0.3, 0.4) is 0 Å². The van der Waals surface area contributed by atoms with E-state index >= 15 is 0 Å². The van der Waals surface area contributed by atoms with Crippen molar-refractivity contribution in [3.63, 3.8) is 0 Å². The van der Waals surface area contributed by atoms with Crippen molar-refractivity contribution in [2.24, 2.45) is 0 Å². The number of fused-ring (bicyclic) bond motifs is 1. The average Bonchev–Trinajstić information content (AvgIpc) is 2.44. The largest absolute Gasteiger partial charge is 0.478 e. The number of aliphatic hydroxyl groups is 1. The van der Waals surface area contributed by atoms with E-state index in [-0.39, 0.29) is 5.56 Å². The van der Waals surface area contributed by atoms with Gasteiger partial charge in [-0.05, 0) is 31.5 Å². The second kappa shape index (κ2) is 6.05. The number of hydrogen-bond donors (Lipinski definition) is 3. The summed E-state index contributed by atoms with van der Waals surface area (Å²) in [7, 11) is 0. The molecule has 0 saturated carbocycles. The summed E-state index contributed by atoms with van der Waals surface area (Å²) >= 11 is 0. The van der Waals surface area contributed by atoms with Gasteiger partial charge in [-0.2, -0.15) is 0 Å². The zero-order chi connectivity index (χ0) is 15.5. The highest BCUT2D eigenvalue weighted by atomic mass is 16.4. The standard InChI is InChI=1S/C15H19N3O3/c1-3-6-15(2,21)8-16-13-11-5-4-10(14(19)20)7-12(11)17-9-18-13/h4-5,7,9,21H,3,6,8H2,1-2H3,(H,19,20)(H,16,17,18). The molecule has 1 atom stereocenters. The minimum Gasteiger partial charge on any atom is -0.478 e. The molecule has 0 aliphatic heterocycles. The molecule has 3 N–H and O–H groups in total. The summed E-state index contributed by atoms with van der Waals surface area (Å²) in [6.07, 6.45) is 2.96. The van der Waals surface area contributed by atoms with Gasteiger partial charge in [-0.3, -0.25) is 0 Å². The molecule has 2 aromatic rings. The van der Waals surface area contributed by atoms with Crippen molar-refractivity contribution in [2.75, 3.05) is 11.9 Å². The van der Waals surface area contributed by atoms with Crippen molar-refractivity contribution in [3.05, 3.63) is 30.1 Å². The van der Waals surface area contributed by atoms with Gasteiger partial charge in [0.2, 0.25) is 0 Å². The van der Waals surface area contributed by atoms with E-state index in [0.717, 1.165) is 11.8 Å². The number of carboxylic acids is 1. The van der Waals surface area contributed by atoms with Crippen molar-refractivity contribution < 1.29 is 15.0 Å². The van der Waals surface area contributed by atoms with E-state index < -0.39 is 11.6 Å². The number of rotatable bonds is 6. The smallest absolute Gasteiger partial charge is 0.335 e. The third kappa shape index (κ3) is 3.66. The third-order valence-electron chi connectivity index (χ3n) is 3.31. The lowest BCUT2D eigenvalue weighted by Crippen LogP contribution is -2.33. The van der Waals surface area contributed by atoms with Gasteiger partial charge < -0.3 is 15.5 Å². The Morgan fingerprint density at radius 3 is 2.81 bits per heavy atom. The monoisotopic (exact) mass is 289 g/mol. The molecule has 2 rings (SSSR count). The second-order valence-corrected chi connectivity index (χ2v) is 5.36. The van der Waals surface area contributed by atoms with E-state index in [1.165, 1.54) is 18.5 Å². The quantitative estimate of drug-likeness (QED) is 0.755. The summed E-state index contributed by atoms with van der Waals surface area (Å²) in [5, 5.41) is 23.0. The van der Waals surface area contributed by atoms with E-state index in [4.69, 9.17) is 5.11 Å². The van der Waals surface area contributed by atoms with E-state index in [0.29, 0.717) is 24.3 Å². The molecule has 6 nitrogen and oxygen atoms in total. The van der Waals surface area contributed by atoms with Crippen LogP contribution in [0.15, 0.2) is 24.5 Å². The van der Waals surface area contributed by atoms with Crippen molar-refractivity contribution >= 4 is 22.7 Å². The molecular weight excluding hydrogens is 270 g/mol. The van der Waals surface area contributed by atoms with Gasteiger partial charge in [-0.1, -0.05) is 13.3 Å². The fraction of sp³-hybridized carbons (Fsp3) is 0.400. The highest BCUT2D eigenvalue weighted by molar-refractivity contribution is 5.96. The van der Waals surface area contributed by atoms with Crippen LogP contribution in [-0.4, -0.2) is 38.3 Å². The van der Waals surface area contributed by atoms with E-state index in [1.807, 2.05) is 6.92 Å². The molecule has 0 aliphatic rings. The van der Waals surface area contributed by atoms with Crippen LogP contribution in [0, 0.1) is 0 Å². The lowest BCUT2D eigenvalue weighted by molar-refractivity contribution is 0.0635. The van der Waals surface area contributed by atoms with Crippen LogP contribution >= 0.6 is 0 Å². The van der Waals surface area contributed by atoms with Crippen LogP contribution in [0.2, 0.25) is 0 Å². The topological polar surface area (TPSA) is 95.3 Å². The van der Waals surface area contributed by atoms with Crippen LogP contribution in [0.1, 0.15) is 37.0 Å². The number of anilines is 1. The Morgan fingerprint density at radius 1 is 1.38 bits per heavy atom. The van der Waals surface area contributed by atoms with Crippen molar-refractivity contribution in [1.29, 1.82) is 0 Å². The fourth-order valence-corrected chi connectivity index (χ4v) is 2.23. The summed E-state index contributed by atoms with van der Waals surface area (Å²) in [6.45, 7) is 4.16. The van der Waals surface area contributed by atoms with Gasteiger partial charge in [-0.25, -0.2) is 14.8 Å². The number of carbonyl (C=O) groups is 1. The Morgan fingerprint density at radius 2 is 2.14 bits per heavy atom. The molecule has 0 bridgehead atoms. The number of aromatic carboxylic acids is 1. The molecular formula is C15H19N3O3. The maximum absolute atomic E-state index is 11.0. The molecule has 1 heterocycles. The van der Waals surface area contributed by atoms with Gasteiger partial charge in [0.05, 0.1) is 16.7 Å². The van der Waals surface area contributed by atoms with Crippen LogP contribution in [0.25, 0.3) is 10.9 Å². The van der Waals surface area contributed by atoms with Crippen LogP contribution in [0.5, 0.6) is 0 Å². The first-order valence-electron chi connectivity index (χ1n) is 6.87. The summed E-state index contributed by atoms with van der Waals surface area (Å²) < 4.78 is 0. The molecule has 0 radical (unpaired) electrons. The van der Waals surface area contributed by atoms with Crippen LogP contribution in [-0.2, 0) is 0 Å². The van der Waals surface area contributed by atoms with Gasteiger partial charge in [0, 0.05) is 11.9 Å². The van der Waals surface area contributed by atoms with Crippen molar-refractivity contribution in [1.82, 2.24) is 9.97 Å². The van der Waals surface area contributed by atoms with E-state index in [1.54, 1.807) is 13.0 Å². The molecule has 1 aromatic carbocycles. The lowest BCUT2D eigenvalue weighted by Gasteiger charge is -2.23. The minimum atomic E-state index is -0.990. The predicted molar refractivity (Wildman–Crippen MR) is 80.5 cm³/mol. The number of aromatic nitrogens is 2. The zero-order valence-corrected chi connectivity index (χ0v) is 12.1. The molecule has 0 saturated heterocycles. The lowest BCUT2D eigenvalue weighted by atomic mass is 10.0. The first kappa shape index (κ1) is 15.2. The number of benzene rings is 1. The summed E-state index contributed by atoms with van der Waals surface area (Å²) in [5.74, 6) is -0.399. The number of nitrogens with zero attached hydrogens (tertiary/aromatic N) is 2. The molecule has 1 aromatic heterocycles. The molecule has 0 amide bonds. The van der Waals surface area contributed by atoms with E-state index in [2.05, 4.69) is 15.3 Å². The normalized spacial score (nSPS) is 13.9.